The van der Waals surface area contributed by atoms with Crippen molar-refractivity contribution in [3.63, 3.8) is 0 Å². The van der Waals surface area contributed by atoms with Crippen molar-refractivity contribution < 1.29 is 32.7 Å². The molecule has 0 aliphatic carbocycles. The summed E-state index contributed by atoms with van der Waals surface area (Å²) >= 11 is 0. The summed E-state index contributed by atoms with van der Waals surface area (Å²) in [5.41, 5.74) is 6.50. The number of amides is 3. The Bertz CT molecular complexity index is 1840. The van der Waals surface area contributed by atoms with Crippen molar-refractivity contribution in [3.8, 4) is 11.5 Å². The lowest BCUT2D eigenvalue weighted by atomic mass is 10.0. The first-order chi connectivity index (χ1) is 24.8. The lowest BCUT2D eigenvalue weighted by Crippen LogP contribution is -2.55. The van der Waals surface area contributed by atoms with Crippen LogP contribution in [0.25, 0.3) is 0 Å². The highest BCUT2D eigenvalue weighted by Crippen LogP contribution is 2.59. The number of rotatable bonds is 13. The Morgan fingerprint density at radius 2 is 1.38 bits per heavy atom. The van der Waals surface area contributed by atoms with E-state index < -0.39 is 49.0 Å². The zero-order valence-electron chi connectivity index (χ0n) is 29.4. The second-order valence-corrected chi connectivity index (χ2v) is 15.3. The van der Waals surface area contributed by atoms with Crippen LogP contribution in [-0.4, -0.2) is 52.9 Å². The molecule has 52 heavy (non-hydrogen) atoms. The van der Waals surface area contributed by atoms with Gasteiger partial charge in [0.25, 0.3) is 0 Å². The first kappa shape index (κ1) is 37.6. The smallest absolute Gasteiger partial charge is 0.444 e. The highest BCUT2D eigenvalue weighted by Gasteiger charge is 2.45. The third-order valence-electron chi connectivity index (χ3n) is 8.19. The molecule has 1 aliphatic rings. The fourth-order valence-electron chi connectivity index (χ4n) is 5.80. The third-order valence-corrected chi connectivity index (χ3v) is 10.2. The van der Waals surface area contributed by atoms with Gasteiger partial charge in [-0.05, 0) is 69.0 Å². The van der Waals surface area contributed by atoms with E-state index in [1.165, 1.54) is 4.90 Å². The molecule has 3 amide bonds. The molecule has 0 radical (unpaired) electrons. The third kappa shape index (κ3) is 10.0. The van der Waals surface area contributed by atoms with Crippen LogP contribution in [0.1, 0.15) is 56.1 Å². The summed E-state index contributed by atoms with van der Waals surface area (Å²) in [7, 11) is -4.37. The van der Waals surface area contributed by atoms with Crippen molar-refractivity contribution in [3.05, 3.63) is 132 Å². The van der Waals surface area contributed by atoms with Gasteiger partial charge < -0.3 is 35.1 Å². The van der Waals surface area contributed by atoms with Crippen molar-refractivity contribution in [2.75, 3.05) is 6.54 Å². The van der Waals surface area contributed by atoms with Gasteiger partial charge in [0, 0.05) is 18.5 Å². The fourth-order valence-corrected chi connectivity index (χ4v) is 7.71. The van der Waals surface area contributed by atoms with Crippen molar-refractivity contribution >= 4 is 31.3 Å². The fraction of sp³-hybridized carbons (Fsp3) is 0.282. The van der Waals surface area contributed by atoms with Gasteiger partial charge in [-0.1, -0.05) is 91.0 Å². The maximum atomic E-state index is 15.1. The summed E-state index contributed by atoms with van der Waals surface area (Å²) in [6.45, 7) is 5.45. The quantitative estimate of drug-likeness (QED) is 0.0681. The highest BCUT2D eigenvalue weighted by molar-refractivity contribution is 7.55. The largest absolute Gasteiger partial charge is 0.457 e. The number of nitrogens with one attached hydrogen (secondary N) is 3. The standard InChI is InChI=1S/C39H44N5O7P/c1-39(2,3)49-38(47)42-32(26-27-14-7-4-8-15-27)37(46)44-25-13-20-33(44)35(45)43-36(29-23-21-28(22-24-29)34(40)41)52(48,50-30-16-9-5-10-17-30)51-31-18-11-6-12-19-31/h4-12,14-19,21-24,32-33,36H,13,20,25-26H2,1-3H3,(H3,40,41)(H,42,47)(H,43,45)/t32-,33+,36-/m1/s1. The van der Waals surface area contributed by atoms with E-state index in [4.69, 9.17) is 24.9 Å². The summed E-state index contributed by atoms with van der Waals surface area (Å²) in [5, 5.41) is 13.5. The second kappa shape index (κ2) is 16.6. The van der Waals surface area contributed by atoms with Gasteiger partial charge in [0.1, 0.15) is 35.0 Å². The zero-order valence-corrected chi connectivity index (χ0v) is 30.3. The van der Waals surface area contributed by atoms with Crippen LogP contribution in [-0.2, 0) is 25.3 Å². The number of ether oxygens (including phenoxy) is 1. The molecule has 0 bridgehead atoms. The van der Waals surface area contributed by atoms with Crippen molar-refractivity contribution in [1.29, 1.82) is 5.41 Å². The van der Waals surface area contributed by atoms with Crippen LogP contribution in [0.15, 0.2) is 115 Å². The number of alkyl carbamates (subject to hydrolysis) is 1. The van der Waals surface area contributed by atoms with Gasteiger partial charge in [-0.3, -0.25) is 15.0 Å². The first-order valence-electron chi connectivity index (χ1n) is 17.0. The maximum absolute atomic E-state index is 15.1. The molecular weight excluding hydrogens is 681 g/mol. The van der Waals surface area contributed by atoms with Crippen LogP contribution in [0.4, 0.5) is 4.79 Å². The Kier molecular flexibility index (Phi) is 12.0. The Morgan fingerprint density at radius 3 is 1.90 bits per heavy atom. The van der Waals surface area contributed by atoms with Gasteiger partial charge in [0.05, 0.1) is 0 Å². The number of nitrogens with two attached hydrogens (primary N) is 1. The van der Waals surface area contributed by atoms with E-state index >= 15 is 4.57 Å². The summed E-state index contributed by atoms with van der Waals surface area (Å²) < 4.78 is 32.9. The molecule has 1 aliphatic heterocycles. The molecule has 13 heteroatoms. The predicted octanol–water partition coefficient (Wildman–Crippen LogP) is 6.56. The molecule has 12 nitrogen and oxygen atoms in total. The molecule has 1 fully saturated rings. The number of amidine groups is 1. The zero-order chi connectivity index (χ0) is 37.3. The Labute approximate surface area is 303 Å². The summed E-state index contributed by atoms with van der Waals surface area (Å²) in [6, 6.07) is 30.5. The van der Waals surface area contributed by atoms with Gasteiger partial charge in [0.15, 0.2) is 5.78 Å². The van der Waals surface area contributed by atoms with Gasteiger partial charge in [-0.15, -0.1) is 0 Å². The van der Waals surface area contributed by atoms with E-state index in [0.717, 1.165) is 5.56 Å². The number of benzene rings is 4. The Morgan fingerprint density at radius 1 is 0.846 bits per heavy atom. The van der Waals surface area contributed by atoms with Crippen LogP contribution >= 0.6 is 7.60 Å². The summed E-state index contributed by atoms with van der Waals surface area (Å²) in [5.74, 6) is -2.08. The number of para-hydroxylation sites is 2. The first-order valence-corrected chi connectivity index (χ1v) is 18.6. The number of hydrogen-bond acceptors (Lipinski definition) is 8. The second-order valence-electron chi connectivity index (χ2n) is 13.4. The van der Waals surface area contributed by atoms with E-state index in [-0.39, 0.29) is 30.3 Å². The SMILES string of the molecule is CC(C)(C)OC(=O)N[C@H](Cc1ccccc1)C(=O)N1CCC[C@H]1C(=O)N[C@@H](c1ccc(C(=N)N)cc1)P(=O)(Oc1ccccc1)Oc1ccccc1. The molecule has 0 aromatic heterocycles. The van der Waals surface area contributed by atoms with Crippen LogP contribution in [0.2, 0.25) is 0 Å². The van der Waals surface area contributed by atoms with Crippen LogP contribution < -0.4 is 25.4 Å². The lowest BCUT2D eigenvalue weighted by molar-refractivity contribution is -0.140. The summed E-state index contributed by atoms with van der Waals surface area (Å²) in [6.07, 6.45) is 0.250. The minimum Gasteiger partial charge on any atom is -0.444 e. The predicted molar refractivity (Wildman–Crippen MR) is 198 cm³/mol. The molecule has 4 aromatic rings. The molecular formula is C39H44N5O7P. The normalized spacial score (nSPS) is 15.5. The van der Waals surface area contributed by atoms with Gasteiger partial charge >= 0.3 is 13.7 Å². The molecule has 0 saturated carbocycles. The average molecular weight is 726 g/mol. The van der Waals surface area contributed by atoms with E-state index in [2.05, 4.69) is 10.6 Å². The number of nitrogens with zero attached hydrogens (tertiary/aromatic N) is 1. The van der Waals surface area contributed by atoms with Crippen molar-refractivity contribution in [1.82, 2.24) is 15.5 Å². The van der Waals surface area contributed by atoms with Gasteiger partial charge in [0.2, 0.25) is 11.8 Å². The Hall–Kier alpha value is -5.61. The van der Waals surface area contributed by atoms with Crippen molar-refractivity contribution in [2.24, 2.45) is 5.73 Å². The summed E-state index contributed by atoms with van der Waals surface area (Å²) in [4.78, 5) is 43.0. The van der Waals surface area contributed by atoms with Crippen LogP contribution in [0.3, 0.4) is 0 Å². The maximum Gasteiger partial charge on any atom is 0.457 e. The Balaban J connectivity index is 1.48. The minimum atomic E-state index is -4.37. The molecule has 0 spiro atoms. The average Bonchev–Trinajstić information content (AvgIpc) is 3.61. The molecule has 3 atom stereocenters. The van der Waals surface area contributed by atoms with E-state index in [9.17, 15) is 14.4 Å². The van der Waals surface area contributed by atoms with Gasteiger partial charge in [-0.2, -0.15) is 0 Å². The van der Waals surface area contributed by atoms with E-state index in [1.807, 2.05) is 30.3 Å². The van der Waals surface area contributed by atoms with E-state index in [0.29, 0.717) is 24.0 Å². The number of hydrogen-bond donors (Lipinski definition) is 4. The topological polar surface area (TPSA) is 173 Å². The van der Waals surface area contributed by atoms with E-state index in [1.54, 1.807) is 106 Å². The van der Waals surface area contributed by atoms with Crippen LogP contribution in [0, 0.1) is 5.41 Å². The molecule has 272 valence electrons. The number of nitrogen functional groups attached to an aromatic ring is 1. The van der Waals surface area contributed by atoms with Crippen LogP contribution in [0.5, 0.6) is 11.5 Å². The lowest BCUT2D eigenvalue weighted by Gasteiger charge is -2.32. The minimum absolute atomic E-state index is 0.165. The number of likely N-dealkylation sites (tertiary alicyclic amines) is 1. The monoisotopic (exact) mass is 725 g/mol. The molecule has 5 N–H and O–H groups in total. The molecule has 4 aromatic carbocycles. The highest BCUT2D eigenvalue weighted by atomic mass is 31.2. The van der Waals surface area contributed by atoms with Gasteiger partial charge in [-0.25, -0.2) is 9.36 Å². The number of carbonyl (C=O) groups excluding carboxylic acids is 3. The molecule has 1 heterocycles. The molecule has 5 rings (SSSR count). The molecule has 1 saturated heterocycles. The number of carbonyl (C=O) groups is 3. The van der Waals surface area contributed by atoms with Crippen molar-refractivity contribution in [2.45, 2.75) is 63.5 Å². The molecule has 0 unspecified atom stereocenters.